The third-order valence-corrected chi connectivity index (χ3v) is 2.84. The maximum Gasteiger partial charge on any atom is 0.123 e. The van der Waals surface area contributed by atoms with E-state index in [1.807, 2.05) is 6.92 Å². The van der Waals surface area contributed by atoms with Crippen LogP contribution < -0.4 is 5.73 Å². The van der Waals surface area contributed by atoms with E-state index in [9.17, 15) is 9.50 Å². The molecule has 0 aliphatic heterocycles. The van der Waals surface area contributed by atoms with E-state index < -0.39 is 5.60 Å². The molecule has 3 nitrogen and oxygen atoms in total. The fourth-order valence-electron chi connectivity index (χ4n) is 2.01. The summed E-state index contributed by atoms with van der Waals surface area (Å²) in [7, 11) is 0. The lowest BCUT2D eigenvalue weighted by atomic mass is 10.1. The topological polar surface area (TPSA) is 49.5 Å². The summed E-state index contributed by atoms with van der Waals surface area (Å²) in [5, 5.41) is 9.84. The van der Waals surface area contributed by atoms with Crippen LogP contribution >= 0.6 is 0 Å². The summed E-state index contributed by atoms with van der Waals surface area (Å²) in [6, 6.07) is 4.70. The summed E-state index contributed by atoms with van der Waals surface area (Å²) < 4.78 is 13.1. The first kappa shape index (κ1) is 15.1. The van der Waals surface area contributed by atoms with Gasteiger partial charge < -0.3 is 10.8 Å². The molecular weight excluding hydrogens is 231 g/mol. The van der Waals surface area contributed by atoms with Crippen molar-refractivity contribution in [1.82, 2.24) is 4.90 Å². The SMILES string of the molecule is CCN(Cc1ccc(F)cc1CN)CC(C)(C)O. The maximum absolute atomic E-state index is 13.1. The van der Waals surface area contributed by atoms with Crippen LogP contribution in [0.25, 0.3) is 0 Å². The zero-order valence-electron chi connectivity index (χ0n) is 11.4. The first-order valence-electron chi connectivity index (χ1n) is 6.28. The highest BCUT2D eigenvalue weighted by molar-refractivity contribution is 5.27. The second-order valence-electron chi connectivity index (χ2n) is 5.23. The first-order chi connectivity index (χ1) is 8.35. The van der Waals surface area contributed by atoms with Crippen LogP contribution in [0.2, 0.25) is 0 Å². The number of nitrogens with zero attached hydrogens (tertiary/aromatic N) is 1. The lowest BCUT2D eigenvalue weighted by molar-refractivity contribution is 0.0352. The fraction of sp³-hybridized carbons (Fsp3) is 0.571. The summed E-state index contributed by atoms with van der Waals surface area (Å²) in [5.74, 6) is -0.260. The molecule has 0 aliphatic carbocycles. The van der Waals surface area contributed by atoms with Gasteiger partial charge in [-0.15, -0.1) is 0 Å². The van der Waals surface area contributed by atoms with Crippen molar-refractivity contribution in [3.05, 3.63) is 35.1 Å². The van der Waals surface area contributed by atoms with Gasteiger partial charge >= 0.3 is 0 Å². The Bertz CT molecular complexity index is 388. The van der Waals surface area contributed by atoms with Crippen LogP contribution in [0.1, 0.15) is 31.9 Å². The van der Waals surface area contributed by atoms with Crippen molar-refractivity contribution in [2.45, 2.75) is 39.5 Å². The number of halogens is 1. The molecule has 0 bridgehead atoms. The Balaban J connectivity index is 2.81. The van der Waals surface area contributed by atoms with Crippen LogP contribution in [0.15, 0.2) is 18.2 Å². The number of benzene rings is 1. The number of nitrogens with two attached hydrogens (primary N) is 1. The molecule has 1 rings (SSSR count). The third-order valence-electron chi connectivity index (χ3n) is 2.84. The Morgan fingerprint density at radius 3 is 2.50 bits per heavy atom. The van der Waals surface area contributed by atoms with Gasteiger partial charge in [-0.1, -0.05) is 13.0 Å². The highest BCUT2D eigenvalue weighted by Crippen LogP contribution is 2.15. The van der Waals surface area contributed by atoms with E-state index >= 15 is 0 Å². The van der Waals surface area contributed by atoms with Crippen LogP contribution in [-0.4, -0.2) is 28.7 Å². The molecule has 0 saturated heterocycles. The maximum atomic E-state index is 13.1. The molecule has 0 spiro atoms. The van der Waals surface area contributed by atoms with E-state index in [1.165, 1.54) is 12.1 Å². The van der Waals surface area contributed by atoms with Crippen LogP contribution in [-0.2, 0) is 13.1 Å². The molecule has 0 unspecified atom stereocenters. The number of likely N-dealkylation sites (N-methyl/N-ethyl adjacent to an activating group) is 1. The van der Waals surface area contributed by atoms with Crippen molar-refractivity contribution in [3.63, 3.8) is 0 Å². The molecule has 102 valence electrons. The van der Waals surface area contributed by atoms with E-state index in [0.717, 1.165) is 17.7 Å². The van der Waals surface area contributed by atoms with Gasteiger partial charge in [0.05, 0.1) is 5.60 Å². The second kappa shape index (κ2) is 6.27. The van der Waals surface area contributed by atoms with Gasteiger partial charge in [0.2, 0.25) is 0 Å². The first-order valence-corrected chi connectivity index (χ1v) is 6.28. The smallest absolute Gasteiger partial charge is 0.123 e. The largest absolute Gasteiger partial charge is 0.389 e. The molecule has 0 atom stereocenters. The zero-order valence-corrected chi connectivity index (χ0v) is 11.4. The van der Waals surface area contributed by atoms with Gasteiger partial charge in [-0.05, 0) is 43.7 Å². The Morgan fingerprint density at radius 1 is 1.33 bits per heavy atom. The number of hydrogen-bond donors (Lipinski definition) is 2. The van der Waals surface area contributed by atoms with Crippen molar-refractivity contribution >= 4 is 0 Å². The molecule has 3 N–H and O–H groups in total. The summed E-state index contributed by atoms with van der Waals surface area (Å²) in [5.41, 5.74) is 6.73. The minimum absolute atomic E-state index is 0.260. The molecule has 1 aromatic rings. The van der Waals surface area contributed by atoms with E-state index in [4.69, 9.17) is 5.73 Å². The van der Waals surface area contributed by atoms with Crippen molar-refractivity contribution in [3.8, 4) is 0 Å². The standard InChI is InChI=1S/C14H23FN2O/c1-4-17(10-14(2,3)18)9-11-5-6-13(15)7-12(11)8-16/h5-7,18H,4,8-10,16H2,1-3H3. The Morgan fingerprint density at radius 2 is 2.00 bits per heavy atom. The monoisotopic (exact) mass is 254 g/mol. The molecule has 0 saturated carbocycles. The van der Waals surface area contributed by atoms with Gasteiger partial charge in [0.15, 0.2) is 0 Å². The minimum atomic E-state index is -0.737. The zero-order chi connectivity index (χ0) is 13.8. The molecule has 4 heteroatoms. The summed E-state index contributed by atoms with van der Waals surface area (Å²) in [6.45, 7) is 8.00. The molecule has 0 radical (unpaired) electrons. The Hall–Kier alpha value is -0.970. The lowest BCUT2D eigenvalue weighted by Gasteiger charge is -2.28. The molecule has 0 fully saturated rings. The highest BCUT2D eigenvalue weighted by Gasteiger charge is 2.18. The molecule has 18 heavy (non-hydrogen) atoms. The molecule has 0 aliphatic rings. The van der Waals surface area contributed by atoms with Crippen molar-refractivity contribution < 1.29 is 9.50 Å². The lowest BCUT2D eigenvalue weighted by Crippen LogP contribution is -2.38. The van der Waals surface area contributed by atoms with Gasteiger partial charge in [0, 0.05) is 19.6 Å². The summed E-state index contributed by atoms with van der Waals surface area (Å²) >= 11 is 0. The fourth-order valence-corrected chi connectivity index (χ4v) is 2.01. The molecule has 0 aromatic heterocycles. The molecular formula is C14H23FN2O. The molecule has 0 amide bonds. The Kier molecular flexibility index (Phi) is 5.26. The average molecular weight is 254 g/mol. The number of aliphatic hydroxyl groups is 1. The number of hydrogen-bond acceptors (Lipinski definition) is 3. The van der Waals surface area contributed by atoms with Crippen molar-refractivity contribution in [1.29, 1.82) is 0 Å². The van der Waals surface area contributed by atoms with Crippen molar-refractivity contribution in [2.24, 2.45) is 5.73 Å². The summed E-state index contributed by atoms with van der Waals surface area (Å²) in [6.07, 6.45) is 0. The highest BCUT2D eigenvalue weighted by atomic mass is 19.1. The quantitative estimate of drug-likeness (QED) is 0.815. The number of rotatable bonds is 6. The van der Waals surface area contributed by atoms with Crippen LogP contribution in [0.5, 0.6) is 0 Å². The average Bonchev–Trinajstić information content (AvgIpc) is 2.28. The van der Waals surface area contributed by atoms with Gasteiger partial charge in [-0.2, -0.15) is 0 Å². The third kappa shape index (κ3) is 4.72. The second-order valence-corrected chi connectivity index (χ2v) is 5.23. The van der Waals surface area contributed by atoms with E-state index in [-0.39, 0.29) is 5.82 Å². The van der Waals surface area contributed by atoms with E-state index in [0.29, 0.717) is 19.6 Å². The van der Waals surface area contributed by atoms with Crippen LogP contribution in [0.3, 0.4) is 0 Å². The van der Waals surface area contributed by atoms with Crippen LogP contribution in [0.4, 0.5) is 4.39 Å². The molecule has 1 aromatic carbocycles. The van der Waals surface area contributed by atoms with E-state index in [2.05, 4.69) is 4.90 Å². The minimum Gasteiger partial charge on any atom is -0.389 e. The summed E-state index contributed by atoms with van der Waals surface area (Å²) in [4.78, 5) is 2.12. The van der Waals surface area contributed by atoms with Gasteiger partial charge in [-0.3, -0.25) is 4.90 Å². The normalized spacial score (nSPS) is 12.2. The van der Waals surface area contributed by atoms with Crippen LogP contribution in [0, 0.1) is 5.82 Å². The van der Waals surface area contributed by atoms with Gasteiger partial charge in [0.1, 0.15) is 5.82 Å². The Labute approximate surface area is 108 Å². The molecule has 0 heterocycles. The van der Waals surface area contributed by atoms with Gasteiger partial charge in [0.25, 0.3) is 0 Å². The predicted molar refractivity (Wildman–Crippen MR) is 71.5 cm³/mol. The van der Waals surface area contributed by atoms with E-state index in [1.54, 1.807) is 19.9 Å². The van der Waals surface area contributed by atoms with Crippen molar-refractivity contribution in [2.75, 3.05) is 13.1 Å². The predicted octanol–water partition coefficient (Wildman–Crippen LogP) is 1.88. The van der Waals surface area contributed by atoms with Gasteiger partial charge in [-0.25, -0.2) is 4.39 Å².